The first kappa shape index (κ1) is 18.6. The molecule has 1 aromatic rings. The van der Waals surface area contributed by atoms with Gasteiger partial charge in [0.1, 0.15) is 0 Å². The Labute approximate surface area is 125 Å². The minimum atomic E-state index is -4.98. The van der Waals surface area contributed by atoms with Crippen LogP contribution in [0.1, 0.15) is 12.8 Å². The molecule has 0 aliphatic rings. The van der Waals surface area contributed by atoms with Gasteiger partial charge in [-0.3, -0.25) is 0 Å². The van der Waals surface area contributed by atoms with Crippen molar-refractivity contribution in [1.29, 1.82) is 0 Å². The molecule has 0 spiro atoms. The van der Waals surface area contributed by atoms with Gasteiger partial charge in [0, 0.05) is 24.7 Å². The van der Waals surface area contributed by atoms with E-state index in [0.29, 0.717) is 23.8 Å². The largest absolute Gasteiger partial charge is 0.469 e. The third kappa shape index (κ3) is 7.39. The number of hydrogen-bond acceptors (Lipinski definition) is 8. The van der Waals surface area contributed by atoms with Gasteiger partial charge in [0.05, 0.1) is 0 Å². The fourth-order valence-corrected chi connectivity index (χ4v) is 4.05. The predicted molar refractivity (Wildman–Crippen MR) is 79.9 cm³/mol. The lowest BCUT2D eigenvalue weighted by Crippen LogP contribution is -2.07. The van der Waals surface area contributed by atoms with Crippen LogP contribution >= 0.6 is 27.3 Å². The maximum absolute atomic E-state index is 11.0. The van der Waals surface area contributed by atoms with E-state index in [2.05, 4.69) is 15.0 Å². The Morgan fingerprint density at radius 2 is 1.86 bits per heavy atom. The topological polar surface area (TPSA) is 156 Å². The fourth-order valence-electron chi connectivity index (χ4n) is 1.28. The van der Waals surface area contributed by atoms with Crippen LogP contribution in [0.4, 0.5) is 0 Å². The first-order valence-corrected chi connectivity index (χ1v) is 10.0. The second kappa shape index (κ2) is 8.26. The van der Waals surface area contributed by atoms with Gasteiger partial charge in [-0.25, -0.2) is 19.5 Å². The molecule has 0 saturated heterocycles. The fraction of sp³-hybridized carbons (Fsp3) is 0.444. The molecule has 0 aromatic carbocycles. The van der Waals surface area contributed by atoms with Crippen LogP contribution in [0.5, 0.6) is 0 Å². The standard InChI is InChI=1S/C9H15N3O6P2S/c13-19(14,15)9(20(16,17)18)12-4-1-2-7-21-8-10-5-3-6-11-8/h3,5-6,13-15H,1-2,4,7H2,(H-,16,17,18)/p+1. The molecular formula is C9H16N3O6P2S+. The number of aromatic nitrogens is 2. The number of nitrogens with zero attached hydrogens (tertiary/aromatic N) is 3. The summed E-state index contributed by atoms with van der Waals surface area (Å²) in [5, 5.41) is -0.614. The van der Waals surface area contributed by atoms with Crippen molar-refractivity contribution in [3.05, 3.63) is 18.5 Å². The average molecular weight is 356 g/mol. The SMILES string of the molecule is O=P(O)(O)C(=NCCCCSc1ncccn1)[P+](O)(O)O. The van der Waals surface area contributed by atoms with Crippen molar-refractivity contribution in [2.24, 2.45) is 4.99 Å². The molecule has 0 aliphatic heterocycles. The molecule has 9 nitrogen and oxygen atoms in total. The first-order chi connectivity index (χ1) is 9.71. The van der Waals surface area contributed by atoms with Crippen molar-refractivity contribution in [3.8, 4) is 0 Å². The maximum Gasteiger partial charge on any atom is 0.469 e. The van der Waals surface area contributed by atoms with Crippen LogP contribution in [0.3, 0.4) is 0 Å². The summed E-state index contributed by atoms with van der Waals surface area (Å²) in [5.41, 5.74) is 0. The van der Waals surface area contributed by atoms with Gasteiger partial charge in [-0.1, -0.05) is 11.8 Å². The second-order valence-electron chi connectivity index (χ2n) is 3.88. The number of thioether (sulfide) groups is 1. The summed E-state index contributed by atoms with van der Waals surface area (Å²) in [5.74, 6) is 0.683. The molecular weight excluding hydrogens is 340 g/mol. The molecule has 0 aliphatic carbocycles. The number of aliphatic imine (C=N–C) groups is 1. The van der Waals surface area contributed by atoms with Gasteiger partial charge in [-0.2, -0.15) is 14.7 Å². The highest BCUT2D eigenvalue weighted by molar-refractivity contribution is 8.00. The highest BCUT2D eigenvalue weighted by Crippen LogP contribution is 2.60. The van der Waals surface area contributed by atoms with E-state index in [1.807, 2.05) is 0 Å². The van der Waals surface area contributed by atoms with Crippen LogP contribution in [0.15, 0.2) is 28.6 Å². The summed E-state index contributed by atoms with van der Waals surface area (Å²) in [6.07, 6.45) is 4.37. The highest BCUT2D eigenvalue weighted by Gasteiger charge is 2.51. The van der Waals surface area contributed by atoms with Crippen molar-refractivity contribution in [1.82, 2.24) is 9.97 Å². The van der Waals surface area contributed by atoms with Crippen molar-refractivity contribution in [2.75, 3.05) is 12.3 Å². The summed E-state index contributed by atoms with van der Waals surface area (Å²) in [4.78, 5) is 56.0. The van der Waals surface area contributed by atoms with Crippen molar-refractivity contribution < 1.29 is 29.0 Å². The summed E-state index contributed by atoms with van der Waals surface area (Å²) in [6.45, 7) is -0.0277. The van der Waals surface area contributed by atoms with Gasteiger partial charge < -0.3 is 9.79 Å². The summed E-state index contributed by atoms with van der Waals surface area (Å²) in [7, 11) is -9.77. The van der Waals surface area contributed by atoms with E-state index in [-0.39, 0.29) is 6.54 Å². The van der Waals surface area contributed by atoms with Crippen LogP contribution in [-0.4, -0.2) is 51.9 Å². The quantitative estimate of drug-likeness (QED) is 0.148. The third-order valence-corrected chi connectivity index (χ3v) is 6.00. The minimum Gasteiger partial charge on any atom is -0.317 e. The summed E-state index contributed by atoms with van der Waals surface area (Å²) >= 11 is 1.42. The predicted octanol–water partition coefficient (Wildman–Crippen LogP) is 0.622. The van der Waals surface area contributed by atoms with Crippen LogP contribution in [0, 0.1) is 0 Å². The molecule has 21 heavy (non-hydrogen) atoms. The van der Waals surface area contributed by atoms with Crippen LogP contribution < -0.4 is 0 Å². The molecule has 0 atom stereocenters. The lowest BCUT2D eigenvalue weighted by Gasteiger charge is -2.07. The Morgan fingerprint density at radius 3 is 2.38 bits per heavy atom. The van der Waals surface area contributed by atoms with Crippen LogP contribution in [0.25, 0.3) is 0 Å². The van der Waals surface area contributed by atoms with Gasteiger partial charge in [0.15, 0.2) is 5.16 Å². The molecule has 1 heterocycles. The van der Waals surface area contributed by atoms with Crippen molar-refractivity contribution >= 4 is 32.5 Å². The molecule has 12 heteroatoms. The average Bonchev–Trinajstić information content (AvgIpc) is 2.35. The molecule has 1 rings (SSSR count). The summed E-state index contributed by atoms with van der Waals surface area (Å²) in [6, 6.07) is 1.70. The normalized spacial score (nSPS) is 13.5. The number of rotatable bonds is 8. The summed E-state index contributed by atoms with van der Waals surface area (Å²) < 4.78 is 11.0. The van der Waals surface area contributed by atoms with E-state index in [4.69, 9.17) is 24.5 Å². The van der Waals surface area contributed by atoms with E-state index in [1.165, 1.54) is 11.8 Å². The van der Waals surface area contributed by atoms with E-state index in [9.17, 15) is 4.57 Å². The van der Waals surface area contributed by atoms with Gasteiger partial charge in [-0.05, 0) is 18.9 Å². The molecule has 118 valence electrons. The molecule has 5 N–H and O–H groups in total. The Morgan fingerprint density at radius 1 is 1.24 bits per heavy atom. The zero-order valence-corrected chi connectivity index (χ0v) is 13.5. The van der Waals surface area contributed by atoms with E-state index >= 15 is 0 Å². The lowest BCUT2D eigenvalue weighted by molar-refractivity contribution is 0.348. The number of hydrogen-bond donors (Lipinski definition) is 5. The highest BCUT2D eigenvalue weighted by atomic mass is 32.2. The van der Waals surface area contributed by atoms with Gasteiger partial charge in [0.2, 0.25) is 0 Å². The number of unbranched alkanes of at least 4 members (excludes halogenated alkanes) is 1. The Hall–Kier alpha value is -0.440. The van der Waals surface area contributed by atoms with Crippen molar-refractivity contribution in [3.63, 3.8) is 0 Å². The zero-order valence-electron chi connectivity index (χ0n) is 10.8. The Bertz CT molecular complexity index is 518. The van der Waals surface area contributed by atoms with E-state index in [1.54, 1.807) is 18.5 Å². The second-order valence-corrected chi connectivity index (χ2v) is 8.37. The molecule has 1 aromatic heterocycles. The molecule has 0 fully saturated rings. The molecule has 0 radical (unpaired) electrons. The lowest BCUT2D eigenvalue weighted by atomic mass is 10.3. The van der Waals surface area contributed by atoms with Gasteiger partial charge in [0.25, 0.3) is 0 Å². The van der Waals surface area contributed by atoms with E-state index < -0.39 is 20.7 Å². The van der Waals surface area contributed by atoms with Crippen LogP contribution in [-0.2, 0) is 4.57 Å². The van der Waals surface area contributed by atoms with E-state index in [0.717, 1.165) is 0 Å². The smallest absolute Gasteiger partial charge is 0.317 e. The van der Waals surface area contributed by atoms with Crippen LogP contribution in [0.2, 0.25) is 0 Å². The first-order valence-electron chi connectivity index (χ1n) is 5.79. The van der Waals surface area contributed by atoms with Gasteiger partial charge in [-0.15, -0.1) is 0 Å². The molecule has 0 saturated carbocycles. The monoisotopic (exact) mass is 356 g/mol. The van der Waals surface area contributed by atoms with Crippen molar-refractivity contribution in [2.45, 2.75) is 18.0 Å². The Kier molecular flexibility index (Phi) is 7.32. The zero-order chi connectivity index (χ0) is 15.9. The molecule has 0 amide bonds. The minimum absolute atomic E-state index is 0.0277. The third-order valence-electron chi connectivity index (χ3n) is 2.11. The molecule has 0 bridgehead atoms. The molecule has 0 unspecified atom stereocenters. The Balaban J connectivity index is 2.38. The van der Waals surface area contributed by atoms with Gasteiger partial charge >= 0.3 is 20.7 Å². The maximum atomic E-state index is 11.0.